The number of aryl methyl sites for hydroxylation is 1. The van der Waals surface area contributed by atoms with E-state index in [1.54, 1.807) is 6.33 Å². The van der Waals surface area contributed by atoms with Crippen molar-refractivity contribution in [3.05, 3.63) is 18.1 Å². The molecule has 0 saturated carbocycles. The van der Waals surface area contributed by atoms with Gasteiger partial charge in [0.2, 0.25) is 0 Å². The third kappa shape index (κ3) is 2.30. The number of nitrogens with zero attached hydrogens (tertiary/aromatic N) is 3. The number of hydrogen-bond donors (Lipinski definition) is 1. The molecular weight excluding hydrogens is 230 g/mol. The Labute approximate surface area is 107 Å². The Bertz CT molecular complexity index is 440. The second-order valence-electron chi connectivity index (χ2n) is 4.94. The molecule has 1 aromatic heterocycles. The summed E-state index contributed by atoms with van der Waals surface area (Å²) < 4.78 is 0. The molecule has 0 atom stereocenters. The minimum Gasteiger partial charge on any atom is -0.481 e. The van der Waals surface area contributed by atoms with Gasteiger partial charge in [0.05, 0.1) is 5.41 Å². The Morgan fingerprint density at radius 3 is 2.61 bits per heavy atom. The fourth-order valence-corrected chi connectivity index (χ4v) is 2.50. The molecule has 0 unspecified atom stereocenters. The van der Waals surface area contributed by atoms with Crippen LogP contribution >= 0.6 is 0 Å². The largest absolute Gasteiger partial charge is 0.481 e. The van der Waals surface area contributed by atoms with Gasteiger partial charge < -0.3 is 10.0 Å². The molecule has 1 N–H and O–H groups in total. The third-order valence-electron chi connectivity index (χ3n) is 3.96. The molecule has 0 amide bonds. The number of carboxylic acid groups (broad SMARTS) is 1. The van der Waals surface area contributed by atoms with Crippen molar-refractivity contribution in [2.24, 2.45) is 5.41 Å². The lowest BCUT2D eigenvalue weighted by molar-refractivity contribution is -0.150. The molecule has 1 aromatic rings. The molecule has 0 radical (unpaired) electrons. The van der Waals surface area contributed by atoms with Gasteiger partial charge in [-0.2, -0.15) is 0 Å². The molecule has 2 heterocycles. The quantitative estimate of drug-likeness (QED) is 0.885. The molecule has 0 aliphatic carbocycles. The van der Waals surface area contributed by atoms with Gasteiger partial charge in [0.15, 0.2) is 0 Å². The SMILES string of the molecule is CCC1(C(=O)O)CCN(c2cc(C)ncn2)CC1. The molecule has 1 saturated heterocycles. The van der Waals surface area contributed by atoms with E-state index in [0.29, 0.717) is 19.3 Å². The van der Waals surface area contributed by atoms with Gasteiger partial charge in [-0.3, -0.25) is 4.79 Å². The zero-order chi connectivity index (χ0) is 13.2. The Morgan fingerprint density at radius 1 is 1.44 bits per heavy atom. The molecule has 2 rings (SSSR count). The van der Waals surface area contributed by atoms with Crippen LogP contribution in [0.4, 0.5) is 5.82 Å². The lowest BCUT2D eigenvalue weighted by atomic mass is 9.76. The highest BCUT2D eigenvalue weighted by molar-refractivity contribution is 5.75. The van der Waals surface area contributed by atoms with Crippen LogP contribution in [-0.2, 0) is 4.79 Å². The van der Waals surface area contributed by atoms with Crippen molar-refractivity contribution < 1.29 is 9.90 Å². The number of carboxylic acids is 1. The Balaban J connectivity index is 2.09. The standard InChI is InChI=1S/C13H19N3O2/c1-3-13(12(17)18)4-6-16(7-5-13)11-8-10(2)14-9-15-11/h8-9H,3-7H2,1-2H3,(H,17,18). The maximum Gasteiger partial charge on any atom is 0.309 e. The van der Waals surface area contributed by atoms with E-state index in [1.165, 1.54) is 0 Å². The summed E-state index contributed by atoms with van der Waals surface area (Å²) in [5.74, 6) is 0.237. The molecule has 1 aliphatic rings. The molecule has 0 spiro atoms. The summed E-state index contributed by atoms with van der Waals surface area (Å²) in [5, 5.41) is 9.35. The van der Waals surface area contributed by atoms with Crippen LogP contribution < -0.4 is 4.90 Å². The van der Waals surface area contributed by atoms with Gasteiger partial charge >= 0.3 is 5.97 Å². The zero-order valence-corrected chi connectivity index (χ0v) is 10.9. The van der Waals surface area contributed by atoms with Crippen LogP contribution in [0, 0.1) is 12.3 Å². The predicted molar refractivity (Wildman–Crippen MR) is 68.6 cm³/mol. The summed E-state index contributed by atoms with van der Waals surface area (Å²) in [6.45, 7) is 5.38. The molecule has 18 heavy (non-hydrogen) atoms. The summed E-state index contributed by atoms with van der Waals surface area (Å²) in [6.07, 6.45) is 3.62. The number of aromatic nitrogens is 2. The van der Waals surface area contributed by atoms with Crippen LogP contribution in [-0.4, -0.2) is 34.1 Å². The van der Waals surface area contributed by atoms with Crippen molar-refractivity contribution in [1.82, 2.24) is 9.97 Å². The summed E-state index contributed by atoms with van der Waals surface area (Å²) in [5.41, 5.74) is 0.393. The highest BCUT2D eigenvalue weighted by Crippen LogP contribution is 2.36. The van der Waals surface area contributed by atoms with Gasteiger partial charge in [0, 0.05) is 24.8 Å². The number of rotatable bonds is 3. The van der Waals surface area contributed by atoms with Gasteiger partial charge in [0.1, 0.15) is 12.1 Å². The van der Waals surface area contributed by atoms with E-state index < -0.39 is 11.4 Å². The second-order valence-corrected chi connectivity index (χ2v) is 4.94. The smallest absolute Gasteiger partial charge is 0.309 e. The summed E-state index contributed by atoms with van der Waals surface area (Å²) in [7, 11) is 0. The highest BCUT2D eigenvalue weighted by atomic mass is 16.4. The lowest BCUT2D eigenvalue weighted by Crippen LogP contribution is -2.44. The van der Waals surface area contributed by atoms with E-state index in [9.17, 15) is 9.90 Å². The van der Waals surface area contributed by atoms with Crippen LogP contribution in [0.2, 0.25) is 0 Å². The van der Waals surface area contributed by atoms with Crippen molar-refractivity contribution in [3.8, 4) is 0 Å². The van der Waals surface area contributed by atoms with Crippen molar-refractivity contribution >= 4 is 11.8 Å². The first-order valence-corrected chi connectivity index (χ1v) is 6.34. The molecule has 5 nitrogen and oxygen atoms in total. The fourth-order valence-electron chi connectivity index (χ4n) is 2.50. The van der Waals surface area contributed by atoms with Crippen LogP contribution in [0.25, 0.3) is 0 Å². The van der Waals surface area contributed by atoms with Crippen LogP contribution in [0.15, 0.2) is 12.4 Å². The van der Waals surface area contributed by atoms with E-state index in [2.05, 4.69) is 14.9 Å². The fraction of sp³-hybridized carbons (Fsp3) is 0.615. The van der Waals surface area contributed by atoms with Crippen LogP contribution in [0.3, 0.4) is 0 Å². The van der Waals surface area contributed by atoms with Gasteiger partial charge in [-0.15, -0.1) is 0 Å². The van der Waals surface area contributed by atoms with Crippen LogP contribution in [0.1, 0.15) is 31.9 Å². The molecular formula is C13H19N3O2. The molecule has 0 aromatic carbocycles. The first kappa shape index (κ1) is 12.8. The van der Waals surface area contributed by atoms with E-state index in [4.69, 9.17) is 0 Å². The zero-order valence-electron chi connectivity index (χ0n) is 10.9. The monoisotopic (exact) mass is 249 g/mol. The first-order chi connectivity index (χ1) is 8.57. The summed E-state index contributed by atoms with van der Waals surface area (Å²) in [4.78, 5) is 21.8. The van der Waals surface area contributed by atoms with E-state index in [1.807, 2.05) is 19.9 Å². The molecule has 0 bridgehead atoms. The van der Waals surface area contributed by atoms with E-state index >= 15 is 0 Å². The topological polar surface area (TPSA) is 66.3 Å². The Morgan fingerprint density at radius 2 is 2.11 bits per heavy atom. The van der Waals surface area contributed by atoms with Crippen molar-refractivity contribution in [2.45, 2.75) is 33.1 Å². The summed E-state index contributed by atoms with van der Waals surface area (Å²) in [6, 6.07) is 1.94. The normalized spacial score (nSPS) is 18.7. The van der Waals surface area contributed by atoms with Gasteiger partial charge in [-0.05, 0) is 26.2 Å². The van der Waals surface area contributed by atoms with Gasteiger partial charge in [0.25, 0.3) is 0 Å². The van der Waals surface area contributed by atoms with Gasteiger partial charge in [-0.25, -0.2) is 9.97 Å². The second kappa shape index (κ2) is 4.92. The number of hydrogen-bond acceptors (Lipinski definition) is 4. The van der Waals surface area contributed by atoms with Crippen molar-refractivity contribution in [1.29, 1.82) is 0 Å². The number of piperidine rings is 1. The molecule has 1 aliphatic heterocycles. The predicted octanol–water partition coefficient (Wildman–Crippen LogP) is 1.87. The van der Waals surface area contributed by atoms with Crippen molar-refractivity contribution in [2.75, 3.05) is 18.0 Å². The minimum atomic E-state index is -0.663. The maximum absolute atomic E-state index is 11.4. The molecule has 98 valence electrons. The number of carbonyl (C=O) groups is 1. The first-order valence-electron chi connectivity index (χ1n) is 6.34. The number of aliphatic carboxylic acids is 1. The van der Waals surface area contributed by atoms with Crippen molar-refractivity contribution in [3.63, 3.8) is 0 Å². The highest BCUT2D eigenvalue weighted by Gasteiger charge is 2.40. The lowest BCUT2D eigenvalue weighted by Gasteiger charge is -2.38. The molecule has 5 heteroatoms. The van der Waals surface area contributed by atoms with Crippen LogP contribution in [0.5, 0.6) is 0 Å². The number of anilines is 1. The maximum atomic E-state index is 11.4. The minimum absolute atomic E-state index is 0.543. The third-order valence-corrected chi connectivity index (χ3v) is 3.96. The Hall–Kier alpha value is -1.65. The average molecular weight is 249 g/mol. The summed E-state index contributed by atoms with van der Waals surface area (Å²) >= 11 is 0. The van der Waals surface area contributed by atoms with Gasteiger partial charge in [-0.1, -0.05) is 6.92 Å². The average Bonchev–Trinajstić information content (AvgIpc) is 2.38. The van der Waals surface area contributed by atoms with E-state index in [-0.39, 0.29) is 0 Å². The van der Waals surface area contributed by atoms with E-state index in [0.717, 1.165) is 24.6 Å². The molecule has 1 fully saturated rings. The Kier molecular flexibility index (Phi) is 3.50.